The number of nitrogens with one attached hydrogen (secondary N) is 1. The van der Waals surface area contributed by atoms with Crippen LogP contribution in [0, 0.1) is 6.92 Å². The van der Waals surface area contributed by atoms with Gasteiger partial charge in [-0.05, 0) is 39.3 Å². The summed E-state index contributed by atoms with van der Waals surface area (Å²) in [5, 5.41) is 7.50. The molecule has 1 aromatic rings. The van der Waals surface area contributed by atoms with Crippen molar-refractivity contribution >= 4 is 0 Å². The van der Waals surface area contributed by atoms with Crippen molar-refractivity contribution in [3.8, 4) is 0 Å². The zero-order valence-electron chi connectivity index (χ0n) is 9.45. The molecule has 0 fully saturated rings. The second-order valence-electron chi connectivity index (χ2n) is 3.97. The van der Waals surface area contributed by atoms with Crippen molar-refractivity contribution in [1.82, 2.24) is 15.1 Å². The standard InChI is InChI=1S/C11H21N3/c1-10-8-13-14(9-10)7-5-4-6-11(2)12-3/h8-9,11-12H,4-7H2,1-3H3. The number of aromatic nitrogens is 2. The second kappa shape index (κ2) is 5.81. The monoisotopic (exact) mass is 195 g/mol. The SMILES string of the molecule is CNC(C)CCCCn1cc(C)cn1. The quantitative estimate of drug-likeness (QED) is 0.703. The lowest BCUT2D eigenvalue weighted by atomic mass is 10.1. The van der Waals surface area contributed by atoms with Crippen LogP contribution in [0.15, 0.2) is 12.4 Å². The van der Waals surface area contributed by atoms with E-state index in [0.29, 0.717) is 6.04 Å². The largest absolute Gasteiger partial charge is 0.317 e. The number of hydrogen-bond donors (Lipinski definition) is 1. The van der Waals surface area contributed by atoms with E-state index in [4.69, 9.17) is 0 Å². The van der Waals surface area contributed by atoms with Crippen molar-refractivity contribution in [2.24, 2.45) is 0 Å². The van der Waals surface area contributed by atoms with Gasteiger partial charge in [0.1, 0.15) is 0 Å². The van der Waals surface area contributed by atoms with E-state index in [2.05, 4.69) is 30.5 Å². The molecule has 0 aromatic carbocycles. The molecule has 0 aliphatic carbocycles. The van der Waals surface area contributed by atoms with Gasteiger partial charge in [-0.25, -0.2) is 0 Å². The first-order chi connectivity index (χ1) is 6.72. The van der Waals surface area contributed by atoms with E-state index in [0.717, 1.165) is 6.54 Å². The van der Waals surface area contributed by atoms with Gasteiger partial charge < -0.3 is 5.32 Å². The minimum absolute atomic E-state index is 0.634. The Morgan fingerprint density at radius 3 is 2.86 bits per heavy atom. The van der Waals surface area contributed by atoms with Gasteiger partial charge in [-0.3, -0.25) is 4.68 Å². The number of hydrogen-bond acceptors (Lipinski definition) is 2. The summed E-state index contributed by atoms with van der Waals surface area (Å²) in [5.41, 5.74) is 1.24. The lowest BCUT2D eigenvalue weighted by Gasteiger charge is -2.09. The van der Waals surface area contributed by atoms with E-state index in [9.17, 15) is 0 Å². The summed E-state index contributed by atoms with van der Waals surface area (Å²) < 4.78 is 2.03. The summed E-state index contributed by atoms with van der Waals surface area (Å²) >= 11 is 0. The predicted molar refractivity (Wildman–Crippen MR) is 59.3 cm³/mol. The molecule has 1 aromatic heterocycles. The van der Waals surface area contributed by atoms with Crippen molar-refractivity contribution < 1.29 is 0 Å². The van der Waals surface area contributed by atoms with Gasteiger partial charge in [0, 0.05) is 18.8 Å². The number of aryl methyl sites for hydroxylation is 2. The van der Waals surface area contributed by atoms with Crippen LogP contribution in [0.4, 0.5) is 0 Å². The van der Waals surface area contributed by atoms with Crippen LogP contribution in [0.5, 0.6) is 0 Å². The van der Waals surface area contributed by atoms with Crippen LogP contribution in [0.25, 0.3) is 0 Å². The average Bonchev–Trinajstić information content (AvgIpc) is 2.58. The summed E-state index contributed by atoms with van der Waals surface area (Å²) in [7, 11) is 2.02. The van der Waals surface area contributed by atoms with E-state index in [-0.39, 0.29) is 0 Å². The first kappa shape index (κ1) is 11.2. The van der Waals surface area contributed by atoms with Crippen molar-refractivity contribution in [2.45, 2.75) is 45.7 Å². The van der Waals surface area contributed by atoms with Gasteiger partial charge in [0.15, 0.2) is 0 Å². The maximum Gasteiger partial charge on any atom is 0.0518 e. The van der Waals surface area contributed by atoms with Crippen LogP contribution >= 0.6 is 0 Å². The fourth-order valence-corrected chi connectivity index (χ4v) is 1.46. The summed E-state index contributed by atoms with van der Waals surface area (Å²) in [4.78, 5) is 0. The minimum atomic E-state index is 0.634. The molecule has 80 valence electrons. The molecule has 0 saturated carbocycles. The molecule has 0 aliphatic rings. The third-order valence-electron chi connectivity index (χ3n) is 2.53. The smallest absolute Gasteiger partial charge is 0.0518 e. The van der Waals surface area contributed by atoms with Crippen LogP contribution in [0.2, 0.25) is 0 Å². The molecule has 0 bridgehead atoms. The lowest BCUT2D eigenvalue weighted by molar-refractivity contribution is 0.490. The molecule has 3 nitrogen and oxygen atoms in total. The predicted octanol–water partition coefficient (Wildman–Crippen LogP) is 1.97. The highest BCUT2D eigenvalue weighted by Gasteiger charge is 1.98. The van der Waals surface area contributed by atoms with Gasteiger partial charge >= 0.3 is 0 Å². The van der Waals surface area contributed by atoms with Crippen LogP contribution in [0.3, 0.4) is 0 Å². The first-order valence-corrected chi connectivity index (χ1v) is 5.38. The van der Waals surface area contributed by atoms with Crippen molar-refractivity contribution in [3.05, 3.63) is 18.0 Å². The molecular formula is C11H21N3. The van der Waals surface area contributed by atoms with Crippen LogP contribution < -0.4 is 5.32 Å². The average molecular weight is 195 g/mol. The number of rotatable bonds is 6. The molecule has 0 spiro atoms. The molecule has 1 unspecified atom stereocenters. The maximum absolute atomic E-state index is 4.25. The zero-order valence-corrected chi connectivity index (χ0v) is 9.45. The molecule has 0 saturated heterocycles. The Kier molecular flexibility index (Phi) is 4.66. The molecule has 1 heterocycles. The number of nitrogens with zero attached hydrogens (tertiary/aromatic N) is 2. The third-order valence-corrected chi connectivity index (χ3v) is 2.53. The molecule has 1 N–H and O–H groups in total. The van der Waals surface area contributed by atoms with E-state index in [1.165, 1.54) is 24.8 Å². The Labute approximate surface area is 86.5 Å². The first-order valence-electron chi connectivity index (χ1n) is 5.38. The number of unbranched alkanes of at least 4 members (excludes halogenated alkanes) is 1. The van der Waals surface area contributed by atoms with Gasteiger partial charge in [-0.15, -0.1) is 0 Å². The van der Waals surface area contributed by atoms with Gasteiger partial charge in [-0.1, -0.05) is 6.42 Å². The highest BCUT2D eigenvalue weighted by molar-refractivity contribution is 4.99. The van der Waals surface area contributed by atoms with Crippen molar-refractivity contribution in [1.29, 1.82) is 0 Å². The second-order valence-corrected chi connectivity index (χ2v) is 3.97. The topological polar surface area (TPSA) is 29.9 Å². The highest BCUT2D eigenvalue weighted by atomic mass is 15.3. The Morgan fingerprint density at radius 2 is 2.29 bits per heavy atom. The van der Waals surface area contributed by atoms with Crippen molar-refractivity contribution in [2.75, 3.05) is 7.05 Å². The Balaban J connectivity index is 2.10. The van der Waals surface area contributed by atoms with E-state index < -0.39 is 0 Å². The molecule has 0 amide bonds. The fraction of sp³-hybridized carbons (Fsp3) is 0.727. The van der Waals surface area contributed by atoms with Gasteiger partial charge in [0.05, 0.1) is 6.20 Å². The molecule has 1 atom stereocenters. The van der Waals surface area contributed by atoms with E-state index in [1.54, 1.807) is 0 Å². The molecule has 0 aliphatic heterocycles. The van der Waals surface area contributed by atoms with Crippen LogP contribution in [-0.2, 0) is 6.54 Å². The lowest BCUT2D eigenvalue weighted by Crippen LogP contribution is -2.20. The Hall–Kier alpha value is -0.830. The minimum Gasteiger partial charge on any atom is -0.317 e. The Bertz CT molecular complexity index is 255. The Morgan fingerprint density at radius 1 is 1.50 bits per heavy atom. The maximum atomic E-state index is 4.25. The van der Waals surface area contributed by atoms with Gasteiger partial charge in [-0.2, -0.15) is 5.10 Å². The van der Waals surface area contributed by atoms with E-state index >= 15 is 0 Å². The summed E-state index contributed by atoms with van der Waals surface area (Å²) in [6.07, 6.45) is 7.74. The van der Waals surface area contributed by atoms with Crippen LogP contribution in [0.1, 0.15) is 31.7 Å². The van der Waals surface area contributed by atoms with E-state index in [1.807, 2.05) is 17.9 Å². The summed E-state index contributed by atoms with van der Waals surface area (Å²) in [5.74, 6) is 0. The van der Waals surface area contributed by atoms with Gasteiger partial charge in [0.2, 0.25) is 0 Å². The summed E-state index contributed by atoms with van der Waals surface area (Å²) in [6, 6.07) is 0.634. The zero-order chi connectivity index (χ0) is 10.4. The summed E-state index contributed by atoms with van der Waals surface area (Å²) in [6.45, 7) is 5.34. The van der Waals surface area contributed by atoms with Crippen LogP contribution in [-0.4, -0.2) is 22.9 Å². The molecule has 14 heavy (non-hydrogen) atoms. The molecular weight excluding hydrogens is 174 g/mol. The third kappa shape index (κ3) is 3.92. The van der Waals surface area contributed by atoms with Crippen molar-refractivity contribution in [3.63, 3.8) is 0 Å². The van der Waals surface area contributed by atoms with Gasteiger partial charge in [0.25, 0.3) is 0 Å². The molecule has 3 heteroatoms. The normalized spacial score (nSPS) is 13.1. The molecule has 1 rings (SSSR count). The molecule has 0 radical (unpaired) electrons. The fourth-order valence-electron chi connectivity index (χ4n) is 1.46. The highest BCUT2D eigenvalue weighted by Crippen LogP contribution is 2.03.